The Hall–Kier alpha value is -1.07. The van der Waals surface area contributed by atoms with Crippen LogP contribution in [0.1, 0.15) is 44.4 Å². The summed E-state index contributed by atoms with van der Waals surface area (Å²) in [6.45, 7) is 1.93. The lowest BCUT2D eigenvalue weighted by Gasteiger charge is -2.13. The zero-order valence-electron chi connectivity index (χ0n) is 12.0. The number of aliphatic hydroxyl groups excluding tert-OH is 1. The normalized spacial score (nSPS) is 17.6. The van der Waals surface area contributed by atoms with E-state index in [0.29, 0.717) is 18.5 Å². The molecule has 0 aromatic carbocycles. The second-order valence-corrected chi connectivity index (χ2v) is 6.43. The Balaban J connectivity index is 1.86. The third kappa shape index (κ3) is 3.96. The molecule has 0 amide bonds. The fraction of sp³-hybridized carbons (Fsp3) is 0.600. The highest BCUT2D eigenvalue weighted by Crippen LogP contribution is 2.52. The van der Waals surface area contributed by atoms with Crippen LogP contribution in [0.2, 0.25) is 0 Å². The molecule has 1 heterocycles. The van der Waals surface area contributed by atoms with Gasteiger partial charge < -0.3 is 9.84 Å². The highest BCUT2D eigenvalue weighted by Gasteiger charge is 2.44. The Labute approximate surface area is 123 Å². The maximum absolute atomic E-state index is 11.4. The molecule has 1 fully saturated rings. The van der Waals surface area contributed by atoms with Gasteiger partial charge in [-0.25, -0.2) is 0 Å². The van der Waals surface area contributed by atoms with E-state index in [2.05, 4.69) is 4.98 Å². The molecule has 5 heteroatoms. The number of hydrogen-bond acceptors (Lipinski definition) is 5. The topological polar surface area (TPSA) is 59.4 Å². The molecule has 1 aliphatic carbocycles. The van der Waals surface area contributed by atoms with E-state index in [1.54, 1.807) is 18.0 Å². The van der Waals surface area contributed by atoms with Gasteiger partial charge in [0.15, 0.2) is 0 Å². The second kappa shape index (κ2) is 6.59. The monoisotopic (exact) mass is 295 g/mol. The van der Waals surface area contributed by atoms with Crippen molar-refractivity contribution in [3.8, 4) is 0 Å². The van der Waals surface area contributed by atoms with Crippen LogP contribution in [0.25, 0.3) is 0 Å². The van der Waals surface area contributed by atoms with E-state index in [-0.39, 0.29) is 11.4 Å². The number of carbonyl (C=O) groups excluding carboxylic acids is 1. The van der Waals surface area contributed by atoms with Crippen molar-refractivity contribution in [3.63, 3.8) is 0 Å². The third-order valence-corrected chi connectivity index (χ3v) is 5.07. The summed E-state index contributed by atoms with van der Waals surface area (Å²) in [6.07, 6.45) is 4.68. The molecule has 1 N–H and O–H groups in total. The number of pyridine rings is 1. The van der Waals surface area contributed by atoms with Gasteiger partial charge in [-0.2, -0.15) is 0 Å². The first-order chi connectivity index (χ1) is 9.58. The van der Waals surface area contributed by atoms with Crippen molar-refractivity contribution in [1.82, 2.24) is 4.98 Å². The SMILES string of the molecule is CCC(O)c1ccc(SCC2(CC(=O)OC)CC2)cn1. The number of aliphatic hydroxyl groups is 1. The number of esters is 1. The molecule has 2 rings (SSSR count). The number of nitrogens with zero attached hydrogens (tertiary/aromatic N) is 1. The molecule has 1 aromatic rings. The third-order valence-electron chi connectivity index (χ3n) is 3.74. The first-order valence-corrected chi connectivity index (χ1v) is 7.91. The number of hydrogen-bond donors (Lipinski definition) is 1. The molecule has 0 aliphatic heterocycles. The van der Waals surface area contributed by atoms with Crippen LogP contribution in [0.3, 0.4) is 0 Å². The lowest BCUT2D eigenvalue weighted by molar-refractivity contribution is -0.141. The summed E-state index contributed by atoms with van der Waals surface area (Å²) in [6, 6.07) is 3.86. The molecule has 1 atom stereocenters. The minimum Gasteiger partial charge on any atom is -0.469 e. The molecule has 1 aliphatic rings. The molecule has 0 bridgehead atoms. The maximum Gasteiger partial charge on any atom is 0.306 e. The van der Waals surface area contributed by atoms with Crippen molar-refractivity contribution < 1.29 is 14.6 Å². The smallest absolute Gasteiger partial charge is 0.306 e. The number of carbonyl (C=O) groups is 1. The van der Waals surface area contributed by atoms with E-state index in [1.807, 2.05) is 19.1 Å². The molecule has 20 heavy (non-hydrogen) atoms. The lowest BCUT2D eigenvalue weighted by atomic mass is 10.1. The van der Waals surface area contributed by atoms with Crippen LogP contribution < -0.4 is 0 Å². The van der Waals surface area contributed by atoms with Crippen molar-refractivity contribution >= 4 is 17.7 Å². The lowest BCUT2D eigenvalue weighted by Crippen LogP contribution is -2.13. The molecular weight excluding hydrogens is 274 g/mol. The Morgan fingerprint density at radius 2 is 2.30 bits per heavy atom. The fourth-order valence-electron chi connectivity index (χ4n) is 2.05. The Kier molecular flexibility index (Phi) is 5.05. The summed E-state index contributed by atoms with van der Waals surface area (Å²) in [5.41, 5.74) is 0.840. The number of ether oxygens (including phenoxy) is 1. The van der Waals surface area contributed by atoms with Crippen molar-refractivity contribution in [2.24, 2.45) is 5.41 Å². The molecule has 0 radical (unpaired) electrons. The predicted octanol–water partition coefficient (Wildman–Crippen LogP) is 2.96. The van der Waals surface area contributed by atoms with E-state index in [1.165, 1.54) is 7.11 Å². The average molecular weight is 295 g/mol. The molecular formula is C15H21NO3S. The highest BCUT2D eigenvalue weighted by atomic mass is 32.2. The zero-order valence-corrected chi connectivity index (χ0v) is 12.8. The van der Waals surface area contributed by atoms with Gasteiger partial charge in [0, 0.05) is 16.8 Å². The molecule has 4 nitrogen and oxygen atoms in total. The van der Waals surface area contributed by atoms with Gasteiger partial charge in [-0.3, -0.25) is 9.78 Å². The predicted molar refractivity (Wildman–Crippen MR) is 78.5 cm³/mol. The zero-order chi connectivity index (χ0) is 14.6. The van der Waals surface area contributed by atoms with E-state index in [9.17, 15) is 9.90 Å². The minimum atomic E-state index is -0.483. The molecule has 1 aromatic heterocycles. The van der Waals surface area contributed by atoms with Crippen LogP contribution in [-0.4, -0.2) is 28.9 Å². The standard InChI is InChI=1S/C15H21NO3S/c1-3-13(17)12-5-4-11(9-16-12)20-10-15(6-7-15)8-14(18)19-2/h4-5,9,13,17H,3,6-8,10H2,1-2H3. The summed E-state index contributed by atoms with van der Waals surface area (Å²) < 4.78 is 4.74. The first kappa shape index (κ1) is 15.3. The fourth-order valence-corrected chi connectivity index (χ4v) is 3.20. The Morgan fingerprint density at radius 1 is 1.55 bits per heavy atom. The van der Waals surface area contributed by atoms with E-state index < -0.39 is 6.10 Å². The summed E-state index contributed by atoms with van der Waals surface area (Å²) >= 11 is 1.72. The van der Waals surface area contributed by atoms with Crippen molar-refractivity contribution in [2.75, 3.05) is 12.9 Å². The van der Waals surface area contributed by atoms with Crippen molar-refractivity contribution in [1.29, 1.82) is 0 Å². The van der Waals surface area contributed by atoms with Gasteiger partial charge in [0.2, 0.25) is 0 Å². The van der Waals surface area contributed by atoms with Crippen LogP contribution in [0.4, 0.5) is 0 Å². The molecule has 0 saturated heterocycles. The highest BCUT2D eigenvalue weighted by molar-refractivity contribution is 7.99. The van der Waals surface area contributed by atoms with E-state index >= 15 is 0 Å². The summed E-state index contributed by atoms with van der Waals surface area (Å²) in [5.74, 6) is 0.794. The molecule has 110 valence electrons. The average Bonchev–Trinajstić information content (AvgIpc) is 3.24. The van der Waals surface area contributed by atoms with Gasteiger partial charge in [0.25, 0.3) is 0 Å². The quantitative estimate of drug-likeness (QED) is 0.619. The molecule has 1 saturated carbocycles. The minimum absolute atomic E-state index is 0.123. The van der Waals surface area contributed by atoms with Crippen LogP contribution in [0, 0.1) is 5.41 Å². The van der Waals surface area contributed by atoms with Gasteiger partial charge >= 0.3 is 5.97 Å². The van der Waals surface area contributed by atoms with Crippen molar-refractivity contribution in [3.05, 3.63) is 24.0 Å². The van der Waals surface area contributed by atoms with Gasteiger partial charge in [0.1, 0.15) is 0 Å². The number of methoxy groups -OCH3 is 1. The Bertz CT molecular complexity index is 457. The van der Waals surface area contributed by atoms with Gasteiger partial charge in [-0.05, 0) is 36.8 Å². The van der Waals surface area contributed by atoms with Gasteiger partial charge in [-0.15, -0.1) is 11.8 Å². The van der Waals surface area contributed by atoms with Gasteiger partial charge in [0.05, 0.1) is 25.3 Å². The molecule has 1 unspecified atom stereocenters. The van der Waals surface area contributed by atoms with Crippen LogP contribution >= 0.6 is 11.8 Å². The van der Waals surface area contributed by atoms with Gasteiger partial charge in [-0.1, -0.05) is 6.92 Å². The second-order valence-electron chi connectivity index (χ2n) is 5.38. The van der Waals surface area contributed by atoms with Crippen molar-refractivity contribution in [2.45, 2.75) is 43.6 Å². The number of rotatable bonds is 7. The van der Waals surface area contributed by atoms with Crippen LogP contribution in [0.5, 0.6) is 0 Å². The summed E-state index contributed by atoms with van der Waals surface area (Å²) in [5, 5.41) is 9.69. The Morgan fingerprint density at radius 3 is 2.80 bits per heavy atom. The van der Waals surface area contributed by atoms with E-state index in [4.69, 9.17) is 4.74 Å². The largest absolute Gasteiger partial charge is 0.469 e. The maximum atomic E-state index is 11.4. The number of thioether (sulfide) groups is 1. The summed E-state index contributed by atoms with van der Waals surface area (Å²) in [4.78, 5) is 16.7. The summed E-state index contributed by atoms with van der Waals surface area (Å²) in [7, 11) is 1.44. The number of aromatic nitrogens is 1. The molecule has 0 spiro atoms. The first-order valence-electron chi connectivity index (χ1n) is 6.92. The van der Waals surface area contributed by atoms with Crippen LogP contribution in [-0.2, 0) is 9.53 Å². The van der Waals surface area contributed by atoms with Crippen LogP contribution in [0.15, 0.2) is 23.2 Å². The van der Waals surface area contributed by atoms with E-state index in [0.717, 1.165) is 23.5 Å².